The summed E-state index contributed by atoms with van der Waals surface area (Å²) in [6.45, 7) is 0. The average molecular weight is 259 g/mol. The highest BCUT2D eigenvalue weighted by atomic mass is 79.9. The van der Waals surface area contributed by atoms with E-state index in [-0.39, 0.29) is 0 Å². The molecule has 4 atom stereocenters. The van der Waals surface area contributed by atoms with Crippen molar-refractivity contribution in [3.8, 4) is 0 Å². The van der Waals surface area contributed by atoms with Crippen LogP contribution in [-0.2, 0) is 4.74 Å². The average Bonchev–Trinajstić information content (AvgIpc) is 2.99. The summed E-state index contributed by atoms with van der Waals surface area (Å²) >= 11 is 3.57. The summed E-state index contributed by atoms with van der Waals surface area (Å²) < 4.78 is 6.37. The van der Waals surface area contributed by atoms with Crippen molar-refractivity contribution in [3.05, 3.63) is 0 Å². The lowest BCUT2D eigenvalue weighted by Crippen LogP contribution is -2.45. The number of hydrogen-bond acceptors (Lipinski definition) is 1. The number of rotatable bonds is 1. The normalized spacial score (nSPS) is 51.6. The summed E-state index contributed by atoms with van der Waals surface area (Å²) in [4.78, 5) is 0. The third-order valence-electron chi connectivity index (χ3n) is 4.47. The molecule has 4 unspecified atom stereocenters. The molecule has 3 aliphatic rings. The van der Waals surface area contributed by atoms with Gasteiger partial charge in [0.15, 0.2) is 0 Å². The van der Waals surface area contributed by atoms with Crippen LogP contribution in [0.2, 0.25) is 0 Å². The molecule has 0 aromatic carbocycles. The van der Waals surface area contributed by atoms with Crippen LogP contribution in [0.25, 0.3) is 0 Å². The molecule has 1 aliphatic heterocycles. The molecule has 80 valence electrons. The Kier molecular flexibility index (Phi) is 2.40. The summed E-state index contributed by atoms with van der Waals surface area (Å²) in [7, 11) is 0. The first kappa shape index (κ1) is 9.65. The third-order valence-corrected chi connectivity index (χ3v) is 5.19. The zero-order valence-electron chi connectivity index (χ0n) is 8.68. The van der Waals surface area contributed by atoms with Crippen LogP contribution in [0.3, 0.4) is 0 Å². The third kappa shape index (κ3) is 1.46. The predicted molar refractivity (Wildman–Crippen MR) is 60.7 cm³/mol. The number of hydrogen-bond donors (Lipinski definition) is 0. The molecule has 2 saturated carbocycles. The van der Waals surface area contributed by atoms with Crippen molar-refractivity contribution >= 4 is 15.9 Å². The Bertz CT molecular complexity index is 226. The summed E-state index contributed by atoms with van der Waals surface area (Å²) in [5.74, 6) is 1.98. The fraction of sp³-hybridized carbons (Fsp3) is 1.00. The minimum atomic E-state index is 0.333. The molecule has 3 fully saturated rings. The summed E-state index contributed by atoms with van der Waals surface area (Å²) in [5.41, 5.74) is 0.333. The van der Waals surface area contributed by atoms with Crippen molar-refractivity contribution in [2.75, 3.05) is 5.33 Å². The van der Waals surface area contributed by atoms with Gasteiger partial charge >= 0.3 is 0 Å². The van der Waals surface area contributed by atoms with Crippen LogP contribution < -0.4 is 0 Å². The van der Waals surface area contributed by atoms with E-state index in [0.29, 0.717) is 11.7 Å². The summed E-state index contributed by atoms with van der Waals surface area (Å²) in [6, 6.07) is 0. The van der Waals surface area contributed by atoms with E-state index >= 15 is 0 Å². The van der Waals surface area contributed by atoms with Crippen LogP contribution in [0.1, 0.15) is 44.9 Å². The molecule has 1 spiro atoms. The molecule has 0 amide bonds. The Morgan fingerprint density at radius 3 is 2.79 bits per heavy atom. The van der Waals surface area contributed by atoms with E-state index < -0.39 is 0 Å². The van der Waals surface area contributed by atoms with Crippen molar-refractivity contribution < 1.29 is 4.74 Å². The van der Waals surface area contributed by atoms with Crippen molar-refractivity contribution in [2.45, 2.75) is 56.7 Å². The van der Waals surface area contributed by atoms with Crippen molar-refractivity contribution in [1.29, 1.82) is 0 Å². The fourth-order valence-corrected chi connectivity index (χ4v) is 4.16. The van der Waals surface area contributed by atoms with Crippen LogP contribution in [0.15, 0.2) is 0 Å². The predicted octanol–water partition coefficient (Wildman–Crippen LogP) is 3.51. The topological polar surface area (TPSA) is 9.23 Å². The van der Waals surface area contributed by atoms with E-state index in [0.717, 1.165) is 17.2 Å². The molecule has 2 aliphatic carbocycles. The maximum atomic E-state index is 6.37. The zero-order valence-corrected chi connectivity index (χ0v) is 10.3. The molecular weight excluding hydrogens is 240 g/mol. The quantitative estimate of drug-likeness (QED) is 0.655. The van der Waals surface area contributed by atoms with Gasteiger partial charge in [0.25, 0.3) is 0 Å². The maximum Gasteiger partial charge on any atom is 0.0717 e. The molecule has 3 rings (SSSR count). The number of fused-ring (bicyclic) bond motifs is 2. The van der Waals surface area contributed by atoms with Gasteiger partial charge in [0.2, 0.25) is 0 Å². The van der Waals surface area contributed by atoms with Crippen molar-refractivity contribution in [2.24, 2.45) is 11.8 Å². The van der Waals surface area contributed by atoms with Gasteiger partial charge in [-0.05, 0) is 50.4 Å². The standard InChI is InChI=1S/C12H19BrO/c13-8-10-4-2-6-12(14-10)5-1-3-9-7-11(9)12/h9-11H,1-8H2. The first-order valence-electron chi connectivity index (χ1n) is 6.08. The van der Waals surface area contributed by atoms with Gasteiger partial charge in [-0.2, -0.15) is 0 Å². The molecule has 14 heavy (non-hydrogen) atoms. The van der Waals surface area contributed by atoms with Gasteiger partial charge in [0.1, 0.15) is 0 Å². The zero-order chi connectivity index (χ0) is 9.60. The molecule has 0 radical (unpaired) electrons. The molecule has 0 aromatic heterocycles. The van der Waals surface area contributed by atoms with Crippen LogP contribution in [0.5, 0.6) is 0 Å². The highest BCUT2D eigenvalue weighted by molar-refractivity contribution is 9.09. The van der Waals surface area contributed by atoms with Gasteiger partial charge in [-0.3, -0.25) is 0 Å². The van der Waals surface area contributed by atoms with E-state index in [2.05, 4.69) is 15.9 Å². The van der Waals surface area contributed by atoms with Gasteiger partial charge in [-0.25, -0.2) is 0 Å². The summed E-state index contributed by atoms with van der Waals surface area (Å²) in [5, 5.41) is 1.03. The highest BCUT2D eigenvalue weighted by Gasteiger charge is 2.56. The monoisotopic (exact) mass is 258 g/mol. The number of alkyl halides is 1. The van der Waals surface area contributed by atoms with E-state index in [4.69, 9.17) is 4.74 Å². The molecule has 1 heterocycles. The molecular formula is C12H19BrO. The Balaban J connectivity index is 1.74. The summed E-state index contributed by atoms with van der Waals surface area (Å²) in [6.07, 6.45) is 10.2. The van der Waals surface area contributed by atoms with Gasteiger partial charge in [0, 0.05) is 5.33 Å². The fourth-order valence-electron chi connectivity index (χ4n) is 3.70. The van der Waals surface area contributed by atoms with Gasteiger partial charge < -0.3 is 4.74 Å². The number of halogens is 1. The van der Waals surface area contributed by atoms with Gasteiger partial charge in [-0.15, -0.1) is 0 Å². The van der Waals surface area contributed by atoms with Crippen LogP contribution >= 0.6 is 15.9 Å². The smallest absolute Gasteiger partial charge is 0.0717 e. The van der Waals surface area contributed by atoms with Crippen LogP contribution in [-0.4, -0.2) is 17.0 Å². The van der Waals surface area contributed by atoms with E-state index in [9.17, 15) is 0 Å². The Hall–Kier alpha value is 0.440. The molecule has 2 heteroatoms. The van der Waals surface area contributed by atoms with E-state index in [1.807, 2.05) is 0 Å². The van der Waals surface area contributed by atoms with Gasteiger partial charge in [0.05, 0.1) is 11.7 Å². The second-order valence-corrected chi connectivity index (χ2v) is 5.99. The Morgan fingerprint density at radius 1 is 1.21 bits per heavy atom. The molecule has 1 nitrogen and oxygen atoms in total. The van der Waals surface area contributed by atoms with Crippen molar-refractivity contribution in [1.82, 2.24) is 0 Å². The van der Waals surface area contributed by atoms with Crippen molar-refractivity contribution in [3.63, 3.8) is 0 Å². The van der Waals surface area contributed by atoms with Crippen LogP contribution in [0, 0.1) is 11.8 Å². The molecule has 0 aromatic rings. The first-order chi connectivity index (χ1) is 6.84. The number of ether oxygens (including phenoxy) is 1. The molecule has 0 N–H and O–H groups in total. The SMILES string of the molecule is BrCC1CCCC2(CCCC3CC32)O1. The lowest BCUT2D eigenvalue weighted by Gasteiger charge is -2.44. The lowest BCUT2D eigenvalue weighted by molar-refractivity contribution is -0.146. The molecule has 1 saturated heterocycles. The van der Waals surface area contributed by atoms with E-state index in [1.54, 1.807) is 0 Å². The second-order valence-electron chi connectivity index (χ2n) is 5.35. The van der Waals surface area contributed by atoms with Gasteiger partial charge in [-0.1, -0.05) is 22.4 Å². The minimum absolute atomic E-state index is 0.333. The Labute approximate surface area is 94.7 Å². The minimum Gasteiger partial charge on any atom is -0.371 e. The first-order valence-corrected chi connectivity index (χ1v) is 7.20. The largest absolute Gasteiger partial charge is 0.371 e. The second kappa shape index (κ2) is 3.48. The highest BCUT2D eigenvalue weighted by Crippen LogP contribution is 2.59. The molecule has 0 bridgehead atoms. The van der Waals surface area contributed by atoms with Crippen LogP contribution in [0.4, 0.5) is 0 Å². The van der Waals surface area contributed by atoms with E-state index in [1.165, 1.54) is 44.9 Å². The lowest BCUT2D eigenvalue weighted by atomic mass is 9.78. The Morgan fingerprint density at radius 2 is 2.00 bits per heavy atom. The maximum absolute atomic E-state index is 6.37.